The second kappa shape index (κ2) is 4.89. The van der Waals surface area contributed by atoms with Gasteiger partial charge in [0.1, 0.15) is 11.5 Å². The van der Waals surface area contributed by atoms with E-state index >= 15 is 0 Å². The first-order valence-electron chi connectivity index (χ1n) is 6.23. The molecule has 0 aliphatic heterocycles. The summed E-state index contributed by atoms with van der Waals surface area (Å²) in [5, 5.41) is 0.632. The smallest absolute Gasteiger partial charge is 0.140 e. The molecule has 1 aromatic carbocycles. The zero-order valence-electron chi connectivity index (χ0n) is 10.9. The molecule has 0 saturated carbocycles. The van der Waals surface area contributed by atoms with Crippen molar-refractivity contribution in [2.24, 2.45) is 5.73 Å². The fourth-order valence-corrected chi connectivity index (χ4v) is 2.61. The third-order valence-corrected chi connectivity index (χ3v) is 3.49. The highest BCUT2D eigenvalue weighted by Gasteiger charge is 2.14. The van der Waals surface area contributed by atoms with Gasteiger partial charge >= 0.3 is 0 Å². The molecule has 3 aromatic rings. The topological polar surface area (TPSA) is 43.3 Å². The molecule has 0 radical (unpaired) electrons. The summed E-state index contributed by atoms with van der Waals surface area (Å²) >= 11 is 6.09. The first-order chi connectivity index (χ1) is 9.60. The number of aromatic nitrogens is 2. The molecule has 0 unspecified atom stereocenters. The third-order valence-electron chi connectivity index (χ3n) is 3.28. The summed E-state index contributed by atoms with van der Waals surface area (Å²) in [6.45, 7) is 2.27. The second-order valence-corrected chi connectivity index (χ2v) is 5.09. The third kappa shape index (κ3) is 2.07. The van der Waals surface area contributed by atoms with Gasteiger partial charge < -0.3 is 10.1 Å². The number of nitrogens with zero attached hydrogens (tertiary/aromatic N) is 2. The zero-order chi connectivity index (χ0) is 14.3. The van der Waals surface area contributed by atoms with Crippen molar-refractivity contribution in [3.63, 3.8) is 0 Å². The maximum absolute atomic E-state index is 13.0. The van der Waals surface area contributed by atoms with E-state index in [9.17, 15) is 4.39 Å². The predicted molar refractivity (Wildman–Crippen MR) is 78.2 cm³/mol. The van der Waals surface area contributed by atoms with E-state index in [0.29, 0.717) is 11.6 Å². The van der Waals surface area contributed by atoms with E-state index in [4.69, 9.17) is 17.3 Å². The van der Waals surface area contributed by atoms with E-state index in [0.717, 1.165) is 28.2 Å². The van der Waals surface area contributed by atoms with Gasteiger partial charge in [0, 0.05) is 18.3 Å². The van der Waals surface area contributed by atoms with Crippen LogP contribution in [0.3, 0.4) is 0 Å². The Morgan fingerprint density at radius 1 is 1.30 bits per heavy atom. The van der Waals surface area contributed by atoms with Crippen LogP contribution in [-0.4, -0.2) is 9.38 Å². The number of aryl methyl sites for hydroxylation is 1. The molecule has 5 heteroatoms. The van der Waals surface area contributed by atoms with Crippen LogP contribution in [0, 0.1) is 12.7 Å². The lowest BCUT2D eigenvalue weighted by atomic mass is 10.1. The Morgan fingerprint density at radius 2 is 2.00 bits per heavy atom. The maximum atomic E-state index is 13.0. The van der Waals surface area contributed by atoms with Crippen LogP contribution < -0.4 is 5.73 Å². The van der Waals surface area contributed by atoms with Gasteiger partial charge in [-0.1, -0.05) is 11.6 Å². The summed E-state index contributed by atoms with van der Waals surface area (Å²) < 4.78 is 14.9. The molecular weight excluding hydrogens is 277 g/mol. The highest BCUT2D eigenvalue weighted by molar-refractivity contribution is 6.30. The van der Waals surface area contributed by atoms with Gasteiger partial charge in [-0.15, -0.1) is 0 Å². The van der Waals surface area contributed by atoms with Gasteiger partial charge in [0.25, 0.3) is 0 Å². The quantitative estimate of drug-likeness (QED) is 0.784. The van der Waals surface area contributed by atoms with Crippen LogP contribution in [0.2, 0.25) is 5.02 Å². The van der Waals surface area contributed by atoms with Gasteiger partial charge in [0.15, 0.2) is 0 Å². The monoisotopic (exact) mass is 289 g/mol. The molecule has 2 heterocycles. The van der Waals surface area contributed by atoms with Crippen molar-refractivity contribution >= 4 is 17.2 Å². The van der Waals surface area contributed by atoms with Crippen LogP contribution in [-0.2, 0) is 6.54 Å². The highest BCUT2D eigenvalue weighted by Crippen LogP contribution is 2.27. The SMILES string of the molecule is Cc1cc(Cl)cn2c(CN)c(-c3ccc(F)cc3)nc12. The summed E-state index contributed by atoms with van der Waals surface area (Å²) in [4.78, 5) is 4.63. The molecule has 0 aliphatic carbocycles. The van der Waals surface area contributed by atoms with Crippen LogP contribution in [0.1, 0.15) is 11.3 Å². The number of rotatable bonds is 2. The second-order valence-electron chi connectivity index (χ2n) is 4.65. The van der Waals surface area contributed by atoms with Crippen LogP contribution >= 0.6 is 11.6 Å². The van der Waals surface area contributed by atoms with Gasteiger partial charge in [0.05, 0.1) is 16.4 Å². The molecule has 2 N–H and O–H groups in total. The Hall–Kier alpha value is -1.91. The molecule has 20 heavy (non-hydrogen) atoms. The average Bonchev–Trinajstić information content (AvgIpc) is 2.78. The Labute approximate surface area is 120 Å². The van der Waals surface area contributed by atoms with Crippen LogP contribution in [0.15, 0.2) is 36.5 Å². The van der Waals surface area contributed by atoms with Crippen molar-refractivity contribution in [1.82, 2.24) is 9.38 Å². The minimum absolute atomic E-state index is 0.272. The van der Waals surface area contributed by atoms with E-state index in [1.807, 2.05) is 17.4 Å². The van der Waals surface area contributed by atoms with Crippen LogP contribution in [0.5, 0.6) is 0 Å². The number of benzene rings is 1. The molecule has 0 aliphatic rings. The normalized spacial score (nSPS) is 11.2. The Bertz CT molecular complexity index is 778. The lowest BCUT2D eigenvalue weighted by Crippen LogP contribution is -2.03. The number of pyridine rings is 1. The molecular formula is C15H13ClFN3. The van der Waals surface area contributed by atoms with E-state index in [2.05, 4.69) is 4.98 Å². The summed E-state index contributed by atoms with van der Waals surface area (Å²) in [6, 6.07) is 8.10. The van der Waals surface area contributed by atoms with E-state index in [1.165, 1.54) is 12.1 Å². The standard InChI is InChI=1S/C15H13ClFN3/c1-9-6-11(16)8-20-13(7-18)14(19-15(9)20)10-2-4-12(17)5-3-10/h2-6,8H,7,18H2,1H3. The molecule has 0 fully saturated rings. The molecule has 102 valence electrons. The number of halogens is 2. The largest absolute Gasteiger partial charge is 0.325 e. The Balaban J connectivity index is 2.30. The summed E-state index contributed by atoms with van der Waals surface area (Å²) in [5.41, 5.74) is 10.1. The van der Waals surface area contributed by atoms with Gasteiger partial charge in [-0.25, -0.2) is 9.37 Å². The molecule has 0 amide bonds. The molecule has 2 aromatic heterocycles. The van der Waals surface area contributed by atoms with E-state index in [1.54, 1.807) is 18.3 Å². The average molecular weight is 290 g/mol. The van der Waals surface area contributed by atoms with Crippen molar-refractivity contribution in [2.75, 3.05) is 0 Å². The number of nitrogens with two attached hydrogens (primary N) is 1. The van der Waals surface area contributed by atoms with E-state index < -0.39 is 0 Å². The van der Waals surface area contributed by atoms with Crippen molar-refractivity contribution in [3.8, 4) is 11.3 Å². The minimum Gasteiger partial charge on any atom is -0.325 e. The fourth-order valence-electron chi connectivity index (χ4n) is 2.35. The van der Waals surface area contributed by atoms with Crippen LogP contribution in [0.25, 0.3) is 16.9 Å². The summed E-state index contributed by atoms with van der Waals surface area (Å²) in [5.74, 6) is -0.272. The molecule has 0 spiro atoms. The summed E-state index contributed by atoms with van der Waals surface area (Å²) in [6.07, 6.45) is 1.80. The minimum atomic E-state index is -0.272. The Kier molecular flexibility index (Phi) is 3.20. The highest BCUT2D eigenvalue weighted by atomic mass is 35.5. The Morgan fingerprint density at radius 3 is 2.65 bits per heavy atom. The number of hydrogen-bond donors (Lipinski definition) is 1. The van der Waals surface area contributed by atoms with E-state index in [-0.39, 0.29) is 5.82 Å². The van der Waals surface area contributed by atoms with Gasteiger partial charge in [0.2, 0.25) is 0 Å². The lowest BCUT2D eigenvalue weighted by molar-refractivity contribution is 0.628. The fraction of sp³-hybridized carbons (Fsp3) is 0.133. The molecule has 0 saturated heterocycles. The molecule has 0 atom stereocenters. The van der Waals surface area contributed by atoms with Gasteiger partial charge in [-0.05, 0) is 42.8 Å². The first-order valence-corrected chi connectivity index (χ1v) is 6.61. The predicted octanol–water partition coefficient (Wildman–Crippen LogP) is 3.56. The molecule has 3 nitrogen and oxygen atoms in total. The first kappa shape index (κ1) is 13.1. The van der Waals surface area contributed by atoms with Crippen LogP contribution in [0.4, 0.5) is 4.39 Å². The number of hydrogen-bond acceptors (Lipinski definition) is 2. The van der Waals surface area contributed by atoms with Crippen molar-refractivity contribution in [1.29, 1.82) is 0 Å². The van der Waals surface area contributed by atoms with Crippen molar-refractivity contribution < 1.29 is 4.39 Å². The van der Waals surface area contributed by atoms with Crippen molar-refractivity contribution in [3.05, 3.63) is 58.6 Å². The molecule has 3 rings (SSSR count). The van der Waals surface area contributed by atoms with Gasteiger partial charge in [-0.2, -0.15) is 0 Å². The lowest BCUT2D eigenvalue weighted by Gasteiger charge is -2.03. The van der Waals surface area contributed by atoms with Crippen molar-refractivity contribution in [2.45, 2.75) is 13.5 Å². The summed E-state index contributed by atoms with van der Waals surface area (Å²) in [7, 11) is 0. The number of fused-ring (bicyclic) bond motifs is 1. The zero-order valence-corrected chi connectivity index (χ0v) is 11.7. The number of imidazole rings is 1. The van der Waals surface area contributed by atoms with Gasteiger partial charge in [-0.3, -0.25) is 0 Å². The maximum Gasteiger partial charge on any atom is 0.140 e. The molecule has 0 bridgehead atoms.